The Morgan fingerprint density at radius 3 is 2.19 bits per heavy atom. The summed E-state index contributed by atoms with van der Waals surface area (Å²) in [6.45, 7) is 0.802. The summed E-state index contributed by atoms with van der Waals surface area (Å²) in [6, 6.07) is 5.75. The predicted molar refractivity (Wildman–Crippen MR) is 187 cm³/mol. The monoisotopic (exact) mass is 825 g/mol. The van der Waals surface area contributed by atoms with Gasteiger partial charge in [-0.2, -0.15) is 18.3 Å². The summed E-state index contributed by atoms with van der Waals surface area (Å²) in [6.07, 6.45) is -5.46. The summed E-state index contributed by atoms with van der Waals surface area (Å²) in [5, 5.41) is 15.1. The van der Waals surface area contributed by atoms with Crippen molar-refractivity contribution in [3.05, 3.63) is 76.1 Å². The van der Waals surface area contributed by atoms with E-state index >= 15 is 0 Å². The van der Waals surface area contributed by atoms with E-state index in [4.69, 9.17) is 11.6 Å². The number of hydrogen-bond donors (Lipinski definition) is 3. The van der Waals surface area contributed by atoms with Crippen molar-refractivity contribution in [1.29, 1.82) is 0 Å². The van der Waals surface area contributed by atoms with Crippen LogP contribution in [-0.2, 0) is 43.9 Å². The van der Waals surface area contributed by atoms with Gasteiger partial charge in [0.2, 0.25) is 0 Å². The Hall–Kier alpha value is -4.36. The Morgan fingerprint density at radius 1 is 1.06 bits per heavy atom. The molecule has 0 aliphatic rings. The molecule has 2 atom stereocenters. The molecule has 3 N–H and O–H groups in total. The van der Waals surface area contributed by atoms with E-state index in [2.05, 4.69) is 27.2 Å². The molecule has 0 saturated heterocycles. The average Bonchev–Trinajstić information content (AvgIpc) is 3.35. The molecule has 53 heavy (non-hydrogen) atoms. The maximum atomic E-state index is 14.2. The first-order valence-electron chi connectivity index (χ1n) is 14.8. The highest BCUT2D eigenvalue weighted by molar-refractivity contribution is 7.92. The second-order valence-corrected chi connectivity index (χ2v) is 18.2. The number of hydrogen-bond acceptors (Lipinski definition) is 8. The van der Waals surface area contributed by atoms with Crippen molar-refractivity contribution in [2.75, 3.05) is 22.7 Å². The minimum absolute atomic E-state index is 0.0730. The molecule has 2 aromatic carbocycles. The fourth-order valence-corrected chi connectivity index (χ4v) is 7.24. The van der Waals surface area contributed by atoms with Crippen LogP contribution < -0.4 is 9.62 Å². The Bertz CT molecular complexity index is 2390. The number of nitrogens with zero attached hydrogens (tertiary/aromatic N) is 4. The van der Waals surface area contributed by atoms with E-state index in [1.165, 1.54) is 32.0 Å². The lowest BCUT2D eigenvalue weighted by atomic mass is 9.93. The van der Waals surface area contributed by atoms with Gasteiger partial charge in [-0.05, 0) is 62.1 Å². The summed E-state index contributed by atoms with van der Waals surface area (Å²) >= 11 is 3.29. The molecule has 2 heterocycles. The number of anilines is 1. The Balaban J connectivity index is 2.14. The largest absolute Gasteiger partial charge is 0.465 e. The van der Waals surface area contributed by atoms with Crippen LogP contribution in [0.25, 0.3) is 22.0 Å². The molecule has 1 amide bonds. The molecular weight excluding hydrogens is 797 g/mol. The molecule has 0 spiro atoms. The van der Waals surface area contributed by atoms with Crippen LogP contribution in [0.2, 0.25) is 5.02 Å². The fraction of sp³-hybridized carbons (Fsp3) is 0.323. The first-order valence-corrected chi connectivity index (χ1v) is 20.2. The third-order valence-electron chi connectivity index (χ3n) is 7.55. The standard InChI is InChI=1S/C31H29ClF5N5O8S3/c1-30(2,53(4,49)50)10-9-20-5-6-21(26(38-20)24(39-29(43)44)13-17-11-18(33)14-19(34)12-17)22-7-8-23(32)25-27(22)41(15-31(35,36)37)40-28(25)42(51(45)46)16-52(3,47)48/h5-8,11-12,14,24,39H,13,15-16H2,1-4H3,(H,43,44)(H,45,46). The van der Waals surface area contributed by atoms with Crippen LogP contribution in [0.5, 0.6) is 0 Å². The van der Waals surface area contributed by atoms with Gasteiger partial charge in [-0.1, -0.05) is 23.6 Å². The van der Waals surface area contributed by atoms with E-state index in [9.17, 15) is 57.5 Å². The quantitative estimate of drug-likeness (QED) is 0.102. The molecular formula is C31H29ClF5N5O8S3. The Kier molecular flexibility index (Phi) is 11.9. The number of fused-ring (bicyclic) bond motifs is 1. The van der Waals surface area contributed by atoms with Crippen molar-refractivity contribution in [2.45, 2.75) is 43.8 Å². The number of aromatic nitrogens is 3. The molecule has 2 aromatic heterocycles. The second kappa shape index (κ2) is 15.2. The maximum Gasteiger partial charge on any atom is 0.408 e. The fourth-order valence-electron chi connectivity index (χ4n) is 5.01. The normalized spacial score (nSPS) is 13.6. The van der Waals surface area contributed by atoms with Gasteiger partial charge in [0, 0.05) is 29.7 Å². The number of benzene rings is 2. The lowest BCUT2D eigenvalue weighted by Gasteiger charge is -2.21. The molecule has 286 valence electrons. The highest BCUT2D eigenvalue weighted by Crippen LogP contribution is 2.42. The number of halogens is 6. The van der Waals surface area contributed by atoms with Crippen LogP contribution in [0.4, 0.5) is 32.6 Å². The Labute approximate surface area is 307 Å². The molecule has 0 aliphatic heterocycles. The summed E-state index contributed by atoms with van der Waals surface area (Å²) in [5.41, 5.74) is -1.25. The van der Waals surface area contributed by atoms with Crippen molar-refractivity contribution in [3.63, 3.8) is 0 Å². The van der Waals surface area contributed by atoms with Crippen molar-refractivity contribution >= 4 is 65.4 Å². The van der Waals surface area contributed by atoms with Crippen molar-refractivity contribution < 1.29 is 57.5 Å². The highest BCUT2D eigenvalue weighted by atomic mass is 35.5. The van der Waals surface area contributed by atoms with Crippen LogP contribution in [0.3, 0.4) is 0 Å². The molecule has 13 nitrogen and oxygen atoms in total. The van der Waals surface area contributed by atoms with Crippen LogP contribution in [0.1, 0.15) is 36.8 Å². The van der Waals surface area contributed by atoms with E-state index in [1.807, 2.05) is 0 Å². The molecule has 0 bridgehead atoms. The third kappa shape index (κ3) is 10.2. The zero-order valence-electron chi connectivity index (χ0n) is 27.9. The third-order valence-corrected chi connectivity index (χ3v) is 11.4. The summed E-state index contributed by atoms with van der Waals surface area (Å²) in [4.78, 5) is 16.5. The zero-order chi connectivity index (χ0) is 39.8. The van der Waals surface area contributed by atoms with Gasteiger partial charge < -0.3 is 10.4 Å². The molecule has 0 fully saturated rings. The van der Waals surface area contributed by atoms with Gasteiger partial charge in [-0.3, -0.25) is 9.23 Å². The van der Waals surface area contributed by atoms with Crippen LogP contribution in [0.15, 0.2) is 42.5 Å². The minimum Gasteiger partial charge on any atom is -0.465 e. The lowest BCUT2D eigenvalue weighted by molar-refractivity contribution is -0.141. The molecule has 22 heteroatoms. The highest BCUT2D eigenvalue weighted by Gasteiger charge is 2.35. The van der Waals surface area contributed by atoms with Crippen LogP contribution >= 0.6 is 11.6 Å². The number of rotatable bonds is 11. The van der Waals surface area contributed by atoms with Crippen molar-refractivity contribution in [2.24, 2.45) is 0 Å². The van der Waals surface area contributed by atoms with E-state index in [1.54, 1.807) is 0 Å². The number of carbonyl (C=O) groups is 1. The number of carboxylic acid groups (broad SMARTS) is 1. The molecule has 2 unspecified atom stereocenters. The minimum atomic E-state index is -4.97. The first kappa shape index (κ1) is 41.4. The second-order valence-electron chi connectivity index (χ2n) is 12.2. The molecule has 0 aliphatic carbocycles. The van der Waals surface area contributed by atoms with Gasteiger partial charge in [-0.25, -0.2) is 43.9 Å². The summed E-state index contributed by atoms with van der Waals surface area (Å²) < 4.78 is 141. The summed E-state index contributed by atoms with van der Waals surface area (Å²) in [5.74, 6) is 1.25. The predicted octanol–water partition coefficient (Wildman–Crippen LogP) is 5.26. The van der Waals surface area contributed by atoms with Crippen molar-refractivity contribution in [1.82, 2.24) is 20.1 Å². The van der Waals surface area contributed by atoms with E-state index < -0.39 is 101 Å². The summed E-state index contributed by atoms with van der Waals surface area (Å²) in [7, 11) is -7.84. The first-order chi connectivity index (χ1) is 24.3. The van der Waals surface area contributed by atoms with Crippen molar-refractivity contribution in [3.8, 4) is 23.0 Å². The maximum absolute atomic E-state index is 14.2. The van der Waals surface area contributed by atoms with E-state index in [0.717, 1.165) is 24.5 Å². The molecule has 4 rings (SSSR count). The SMILES string of the molecule is CC(C)(C#Cc1ccc(-c2ccc(Cl)c3c(N(CS(C)(=O)=O)S(=O)O)nn(CC(F)(F)F)c23)c(C(Cc2cc(F)cc(F)c2)NC(=O)O)n1)S(C)(=O)=O. The van der Waals surface area contributed by atoms with Gasteiger partial charge in [0.1, 0.15) is 34.5 Å². The number of sulfone groups is 2. The topological polar surface area (TPSA) is 189 Å². The molecule has 0 saturated carbocycles. The van der Waals surface area contributed by atoms with Gasteiger partial charge >= 0.3 is 12.3 Å². The van der Waals surface area contributed by atoms with Gasteiger partial charge in [0.25, 0.3) is 11.3 Å². The number of nitrogens with one attached hydrogen (secondary N) is 1. The Morgan fingerprint density at radius 2 is 1.66 bits per heavy atom. The number of amides is 1. The van der Waals surface area contributed by atoms with E-state index in [-0.39, 0.29) is 33.1 Å². The van der Waals surface area contributed by atoms with Gasteiger partial charge in [0.15, 0.2) is 25.5 Å². The van der Waals surface area contributed by atoms with E-state index in [0.29, 0.717) is 21.3 Å². The zero-order valence-corrected chi connectivity index (χ0v) is 31.1. The van der Waals surface area contributed by atoms with Crippen LogP contribution in [-0.4, -0.2) is 80.9 Å². The molecule has 4 aromatic rings. The number of pyridine rings is 1. The number of alkyl halides is 3. The average molecular weight is 826 g/mol. The van der Waals surface area contributed by atoms with Gasteiger partial charge in [-0.15, -0.1) is 0 Å². The smallest absolute Gasteiger partial charge is 0.408 e. The molecule has 0 radical (unpaired) electrons. The van der Waals surface area contributed by atoms with Crippen LogP contribution in [0, 0.1) is 23.5 Å². The lowest BCUT2D eigenvalue weighted by Crippen LogP contribution is -2.31. The van der Waals surface area contributed by atoms with Gasteiger partial charge in [0.05, 0.1) is 27.7 Å².